The smallest absolute Gasteiger partial charge is 0.0715 e. The van der Waals surface area contributed by atoms with Gasteiger partial charge in [0, 0.05) is 13.2 Å². The Morgan fingerprint density at radius 3 is 2.80 bits per heavy atom. The van der Waals surface area contributed by atoms with Crippen molar-refractivity contribution >= 4 is 0 Å². The van der Waals surface area contributed by atoms with Crippen LogP contribution < -0.4 is 5.73 Å². The summed E-state index contributed by atoms with van der Waals surface area (Å²) in [6.07, 6.45) is 1.23. The summed E-state index contributed by atoms with van der Waals surface area (Å²) in [5.74, 6) is 1.33. The molecule has 0 aliphatic heterocycles. The van der Waals surface area contributed by atoms with Crippen LogP contribution in [0.1, 0.15) is 30.4 Å². The second-order valence-corrected chi connectivity index (χ2v) is 4.50. The molecule has 0 saturated heterocycles. The van der Waals surface area contributed by atoms with E-state index in [4.69, 9.17) is 10.5 Å². The van der Waals surface area contributed by atoms with Crippen molar-refractivity contribution in [2.24, 2.45) is 11.7 Å². The first-order chi connectivity index (χ1) is 7.24. The van der Waals surface area contributed by atoms with Crippen molar-refractivity contribution in [1.82, 2.24) is 0 Å². The zero-order valence-electron chi connectivity index (χ0n) is 9.44. The first-order valence-corrected chi connectivity index (χ1v) is 5.56. The lowest BCUT2D eigenvalue weighted by Crippen LogP contribution is -2.18. The maximum Gasteiger partial charge on any atom is 0.0715 e. The minimum atomic E-state index is 0.311. The number of hydrogen-bond donors (Lipinski definition) is 1. The fourth-order valence-corrected chi connectivity index (χ4v) is 2.34. The Hall–Kier alpha value is -0.860. The molecule has 2 N–H and O–H groups in total. The second kappa shape index (κ2) is 4.33. The second-order valence-electron chi connectivity index (χ2n) is 4.50. The van der Waals surface area contributed by atoms with Gasteiger partial charge < -0.3 is 10.5 Å². The molecule has 1 saturated carbocycles. The molecule has 0 bridgehead atoms. The van der Waals surface area contributed by atoms with Gasteiger partial charge in [0.05, 0.1) is 6.61 Å². The molecule has 3 unspecified atom stereocenters. The standard InChI is InChI=1S/C13H19NO/c1-9(14)12-7-13(12)11-6-4-3-5-10(11)8-15-2/h3-6,9,12-13H,7-8,14H2,1-2H3. The van der Waals surface area contributed by atoms with Crippen LogP contribution >= 0.6 is 0 Å². The fourth-order valence-electron chi connectivity index (χ4n) is 2.34. The monoisotopic (exact) mass is 205 g/mol. The van der Waals surface area contributed by atoms with Crippen LogP contribution in [0.25, 0.3) is 0 Å². The first-order valence-electron chi connectivity index (χ1n) is 5.56. The Morgan fingerprint density at radius 1 is 1.47 bits per heavy atom. The molecule has 1 aliphatic rings. The molecule has 15 heavy (non-hydrogen) atoms. The van der Waals surface area contributed by atoms with Crippen molar-refractivity contribution < 1.29 is 4.74 Å². The highest BCUT2D eigenvalue weighted by Crippen LogP contribution is 2.49. The fraction of sp³-hybridized carbons (Fsp3) is 0.538. The zero-order valence-corrected chi connectivity index (χ0v) is 9.44. The van der Waals surface area contributed by atoms with Crippen molar-refractivity contribution in [3.63, 3.8) is 0 Å². The van der Waals surface area contributed by atoms with Crippen LogP contribution in [0.4, 0.5) is 0 Å². The quantitative estimate of drug-likeness (QED) is 0.818. The predicted molar refractivity (Wildman–Crippen MR) is 61.7 cm³/mol. The summed E-state index contributed by atoms with van der Waals surface area (Å²) in [7, 11) is 1.74. The average molecular weight is 205 g/mol. The summed E-state index contributed by atoms with van der Waals surface area (Å²) in [6.45, 7) is 2.81. The summed E-state index contributed by atoms with van der Waals surface area (Å²) < 4.78 is 5.21. The number of nitrogens with two attached hydrogens (primary N) is 1. The van der Waals surface area contributed by atoms with E-state index in [1.807, 2.05) is 0 Å². The molecule has 1 aromatic rings. The predicted octanol–water partition coefficient (Wildman–Crippen LogP) is 2.28. The van der Waals surface area contributed by atoms with E-state index in [1.54, 1.807) is 7.11 Å². The molecule has 0 radical (unpaired) electrons. The minimum absolute atomic E-state index is 0.311. The summed E-state index contributed by atoms with van der Waals surface area (Å²) in [5, 5.41) is 0. The summed E-state index contributed by atoms with van der Waals surface area (Å²) in [6, 6.07) is 8.84. The molecule has 82 valence electrons. The molecular formula is C13H19NO. The van der Waals surface area contributed by atoms with E-state index in [1.165, 1.54) is 17.5 Å². The normalized spacial score (nSPS) is 26.3. The molecule has 0 amide bonds. The van der Waals surface area contributed by atoms with E-state index in [0.29, 0.717) is 24.5 Å². The SMILES string of the molecule is COCc1ccccc1C1CC1C(C)N. The Bertz CT molecular complexity index is 335. The van der Waals surface area contributed by atoms with E-state index in [0.717, 1.165) is 0 Å². The Morgan fingerprint density at radius 2 is 2.20 bits per heavy atom. The Balaban J connectivity index is 2.15. The van der Waals surface area contributed by atoms with Gasteiger partial charge in [-0.1, -0.05) is 24.3 Å². The van der Waals surface area contributed by atoms with Gasteiger partial charge in [-0.25, -0.2) is 0 Å². The number of benzene rings is 1. The highest BCUT2D eigenvalue weighted by atomic mass is 16.5. The molecule has 0 heterocycles. The summed E-state index contributed by atoms with van der Waals surface area (Å²) in [5.41, 5.74) is 8.66. The van der Waals surface area contributed by atoms with Crippen LogP contribution in [-0.4, -0.2) is 13.2 Å². The Kier molecular flexibility index (Phi) is 3.08. The molecule has 3 atom stereocenters. The zero-order chi connectivity index (χ0) is 10.8. The van der Waals surface area contributed by atoms with Gasteiger partial charge >= 0.3 is 0 Å². The van der Waals surface area contributed by atoms with Crippen LogP contribution in [0.3, 0.4) is 0 Å². The molecule has 2 rings (SSSR count). The van der Waals surface area contributed by atoms with Gasteiger partial charge in [-0.2, -0.15) is 0 Å². The third kappa shape index (κ3) is 2.21. The molecule has 1 fully saturated rings. The maximum absolute atomic E-state index is 5.92. The number of methoxy groups -OCH3 is 1. The third-order valence-electron chi connectivity index (χ3n) is 3.27. The molecule has 0 aromatic heterocycles. The lowest BCUT2D eigenvalue weighted by Gasteiger charge is -2.09. The van der Waals surface area contributed by atoms with Crippen LogP contribution in [-0.2, 0) is 11.3 Å². The van der Waals surface area contributed by atoms with Crippen molar-refractivity contribution in [3.05, 3.63) is 35.4 Å². The molecule has 1 aliphatic carbocycles. The third-order valence-corrected chi connectivity index (χ3v) is 3.27. The maximum atomic E-state index is 5.92. The Labute approximate surface area is 91.4 Å². The van der Waals surface area contributed by atoms with E-state index < -0.39 is 0 Å². The van der Waals surface area contributed by atoms with E-state index >= 15 is 0 Å². The lowest BCUT2D eigenvalue weighted by atomic mass is 10.0. The number of hydrogen-bond acceptors (Lipinski definition) is 2. The van der Waals surface area contributed by atoms with Gasteiger partial charge in [0.15, 0.2) is 0 Å². The number of rotatable bonds is 4. The van der Waals surface area contributed by atoms with Gasteiger partial charge in [0.1, 0.15) is 0 Å². The van der Waals surface area contributed by atoms with Gasteiger partial charge in [-0.05, 0) is 36.3 Å². The van der Waals surface area contributed by atoms with E-state index in [2.05, 4.69) is 31.2 Å². The highest BCUT2D eigenvalue weighted by molar-refractivity contribution is 5.34. The minimum Gasteiger partial charge on any atom is -0.380 e. The van der Waals surface area contributed by atoms with E-state index in [9.17, 15) is 0 Å². The van der Waals surface area contributed by atoms with Crippen LogP contribution in [0.15, 0.2) is 24.3 Å². The summed E-state index contributed by atoms with van der Waals surface area (Å²) >= 11 is 0. The average Bonchev–Trinajstić information content (AvgIpc) is 2.99. The molecule has 1 aromatic carbocycles. The molecule has 2 nitrogen and oxygen atoms in total. The summed E-state index contributed by atoms with van der Waals surface area (Å²) in [4.78, 5) is 0. The van der Waals surface area contributed by atoms with Crippen molar-refractivity contribution in [3.8, 4) is 0 Å². The largest absolute Gasteiger partial charge is 0.380 e. The molecular weight excluding hydrogens is 186 g/mol. The topological polar surface area (TPSA) is 35.2 Å². The van der Waals surface area contributed by atoms with E-state index in [-0.39, 0.29) is 0 Å². The lowest BCUT2D eigenvalue weighted by molar-refractivity contribution is 0.184. The molecule has 2 heteroatoms. The van der Waals surface area contributed by atoms with Crippen LogP contribution in [0.2, 0.25) is 0 Å². The van der Waals surface area contributed by atoms with Crippen LogP contribution in [0, 0.1) is 5.92 Å². The van der Waals surface area contributed by atoms with Gasteiger partial charge in [0.25, 0.3) is 0 Å². The van der Waals surface area contributed by atoms with Gasteiger partial charge in [-0.3, -0.25) is 0 Å². The number of ether oxygens (including phenoxy) is 1. The highest BCUT2D eigenvalue weighted by Gasteiger charge is 2.41. The van der Waals surface area contributed by atoms with Crippen molar-refractivity contribution in [2.75, 3.05) is 7.11 Å². The van der Waals surface area contributed by atoms with Crippen LogP contribution in [0.5, 0.6) is 0 Å². The first kappa shape index (κ1) is 10.7. The van der Waals surface area contributed by atoms with Crippen molar-refractivity contribution in [2.45, 2.75) is 31.9 Å². The van der Waals surface area contributed by atoms with Gasteiger partial charge in [-0.15, -0.1) is 0 Å². The van der Waals surface area contributed by atoms with Gasteiger partial charge in [0.2, 0.25) is 0 Å². The molecule has 0 spiro atoms. The van der Waals surface area contributed by atoms with Crippen molar-refractivity contribution in [1.29, 1.82) is 0 Å².